The lowest BCUT2D eigenvalue weighted by Crippen LogP contribution is -3.11. The monoisotopic (exact) mass is 588 g/mol. The molecule has 0 aliphatic heterocycles. The summed E-state index contributed by atoms with van der Waals surface area (Å²) in [6.45, 7) is 13.9. The van der Waals surface area contributed by atoms with Crippen LogP contribution < -0.4 is 9.80 Å². The molecule has 0 aromatic heterocycles. The number of phenols is 2. The number of quaternary nitrogens is 2. The summed E-state index contributed by atoms with van der Waals surface area (Å²) in [5.41, 5.74) is 1.08. The molecular weight excluding hydrogens is 544 g/mol. The molecule has 0 heterocycles. The molecule has 0 bridgehead atoms. The van der Waals surface area contributed by atoms with Crippen molar-refractivity contribution >= 4 is 33.5 Å². The minimum absolute atomic E-state index is 0.0708. The van der Waals surface area contributed by atoms with Gasteiger partial charge in [0.1, 0.15) is 48.9 Å². The Kier molecular flexibility index (Phi) is 11.0. The Balaban J connectivity index is 1.73. The minimum Gasteiger partial charge on any atom is -0.507 e. The maximum absolute atomic E-state index is 13.2. The highest BCUT2D eigenvalue weighted by Gasteiger charge is 2.24. The fourth-order valence-electron chi connectivity index (χ4n) is 5.61. The summed E-state index contributed by atoms with van der Waals surface area (Å²) in [6.07, 6.45) is 0.0775. The molecule has 0 aliphatic rings. The van der Waals surface area contributed by atoms with Crippen molar-refractivity contribution in [3.05, 3.63) is 82.9 Å². The molecule has 8 nitrogen and oxygen atoms in total. The molecule has 0 atom stereocenters. The van der Waals surface area contributed by atoms with E-state index < -0.39 is 11.9 Å². The van der Waals surface area contributed by atoms with Crippen LogP contribution in [0.3, 0.4) is 0 Å². The number of esters is 2. The number of phenolic OH excluding ortho intramolecular Hbond substituents is 2. The highest BCUT2D eigenvalue weighted by Crippen LogP contribution is 2.39. The SMILES string of the molecule is CC[NH+](CC)CCOC(=O)c1cc2ccccc2c(Cc2c(O)c(C(=O)OCC[NH+](CC)CC)cc3ccccc23)c1O. The quantitative estimate of drug-likeness (QED) is 0.169. The highest BCUT2D eigenvalue weighted by atomic mass is 16.5. The number of benzene rings is 4. The van der Waals surface area contributed by atoms with E-state index in [1.54, 1.807) is 12.1 Å². The van der Waals surface area contributed by atoms with Crippen LogP contribution in [-0.4, -0.2) is 74.6 Å². The Morgan fingerprint density at radius 1 is 0.628 bits per heavy atom. The Morgan fingerprint density at radius 2 is 1.00 bits per heavy atom. The molecule has 43 heavy (non-hydrogen) atoms. The lowest BCUT2D eigenvalue weighted by molar-refractivity contribution is -0.896. The summed E-state index contributed by atoms with van der Waals surface area (Å²) < 4.78 is 11.2. The van der Waals surface area contributed by atoms with E-state index in [2.05, 4.69) is 27.7 Å². The van der Waals surface area contributed by atoms with Gasteiger partial charge in [0.15, 0.2) is 0 Å². The van der Waals surface area contributed by atoms with Gasteiger partial charge < -0.3 is 29.5 Å². The second-order valence-corrected chi connectivity index (χ2v) is 10.8. The van der Waals surface area contributed by atoms with Crippen molar-refractivity contribution in [3.63, 3.8) is 0 Å². The van der Waals surface area contributed by atoms with Gasteiger partial charge in [-0.1, -0.05) is 48.5 Å². The van der Waals surface area contributed by atoms with Crippen molar-refractivity contribution in [1.29, 1.82) is 0 Å². The molecule has 0 saturated carbocycles. The Hall–Kier alpha value is -4.14. The molecule has 0 radical (unpaired) electrons. The van der Waals surface area contributed by atoms with Gasteiger partial charge in [-0.25, -0.2) is 9.59 Å². The number of ether oxygens (including phenoxy) is 2. The topological polar surface area (TPSA) is 102 Å². The number of rotatable bonds is 14. The summed E-state index contributed by atoms with van der Waals surface area (Å²) >= 11 is 0. The number of aromatic hydroxyl groups is 2. The van der Waals surface area contributed by atoms with Gasteiger partial charge >= 0.3 is 11.9 Å². The Labute approximate surface area is 253 Å². The zero-order valence-electron chi connectivity index (χ0n) is 25.7. The van der Waals surface area contributed by atoms with Crippen LogP contribution in [0.25, 0.3) is 21.5 Å². The lowest BCUT2D eigenvalue weighted by atomic mass is 9.90. The highest BCUT2D eigenvalue weighted by molar-refractivity contribution is 6.03. The molecule has 0 fully saturated rings. The second-order valence-electron chi connectivity index (χ2n) is 10.8. The first-order chi connectivity index (χ1) is 20.8. The molecule has 0 saturated heterocycles. The number of nitrogens with one attached hydrogen (secondary N) is 2. The van der Waals surface area contributed by atoms with Gasteiger partial charge in [0, 0.05) is 17.5 Å². The summed E-state index contributed by atoms with van der Waals surface area (Å²) in [4.78, 5) is 29.0. The van der Waals surface area contributed by atoms with Crippen LogP contribution in [0.2, 0.25) is 0 Å². The zero-order valence-corrected chi connectivity index (χ0v) is 25.7. The number of carbonyl (C=O) groups is 2. The first kappa shape index (κ1) is 31.8. The molecule has 8 heteroatoms. The number of likely N-dealkylation sites (N-methyl/N-ethyl adjacent to an activating group) is 2. The van der Waals surface area contributed by atoms with Gasteiger partial charge in [-0.05, 0) is 61.4 Å². The summed E-state index contributed by atoms with van der Waals surface area (Å²) in [5, 5.41) is 26.0. The summed E-state index contributed by atoms with van der Waals surface area (Å²) in [6, 6.07) is 18.2. The van der Waals surface area contributed by atoms with Gasteiger partial charge in [0.25, 0.3) is 0 Å². The summed E-state index contributed by atoms with van der Waals surface area (Å²) in [5.74, 6) is -1.59. The molecule has 4 rings (SSSR count). The van der Waals surface area contributed by atoms with E-state index >= 15 is 0 Å². The molecule has 0 amide bonds. The zero-order chi connectivity index (χ0) is 30.9. The van der Waals surface area contributed by atoms with E-state index in [4.69, 9.17) is 9.47 Å². The smallest absolute Gasteiger partial charge is 0.342 e. The number of hydrogen-bond acceptors (Lipinski definition) is 6. The van der Waals surface area contributed by atoms with E-state index in [9.17, 15) is 19.8 Å². The molecule has 4 N–H and O–H groups in total. The lowest BCUT2D eigenvalue weighted by Gasteiger charge is -2.18. The standard InChI is InChI=1S/C35H42N2O6/c1-5-36(6-2)17-19-42-34(40)30-21-24-13-9-11-15-26(24)28(32(30)38)23-29-27-16-12-10-14-25(27)22-31(33(29)39)35(41)43-20-18-37(7-3)8-4/h9-16,21-22,38-39H,5-8,17-20,23H2,1-4H3/p+2. The first-order valence-electron chi connectivity index (χ1n) is 15.3. The molecule has 0 spiro atoms. The average molecular weight is 589 g/mol. The minimum atomic E-state index is -0.599. The van der Waals surface area contributed by atoms with E-state index in [-0.39, 0.29) is 42.3 Å². The average Bonchev–Trinajstić information content (AvgIpc) is 3.03. The van der Waals surface area contributed by atoms with Gasteiger partial charge in [0.2, 0.25) is 0 Å². The molecule has 228 valence electrons. The van der Waals surface area contributed by atoms with Crippen molar-refractivity contribution in [2.45, 2.75) is 34.1 Å². The van der Waals surface area contributed by atoms with Crippen molar-refractivity contribution in [3.8, 4) is 11.5 Å². The first-order valence-corrected chi connectivity index (χ1v) is 15.3. The fourth-order valence-corrected chi connectivity index (χ4v) is 5.61. The van der Waals surface area contributed by atoms with Gasteiger partial charge in [0.05, 0.1) is 26.2 Å². The van der Waals surface area contributed by atoms with Gasteiger partial charge in [-0.2, -0.15) is 0 Å². The predicted molar refractivity (Wildman–Crippen MR) is 168 cm³/mol. The van der Waals surface area contributed by atoms with E-state index in [0.29, 0.717) is 24.2 Å². The third-order valence-electron chi connectivity index (χ3n) is 8.42. The van der Waals surface area contributed by atoms with E-state index in [1.807, 2.05) is 48.5 Å². The van der Waals surface area contributed by atoms with Crippen molar-refractivity contribution in [2.24, 2.45) is 0 Å². The third-order valence-corrected chi connectivity index (χ3v) is 8.42. The van der Waals surface area contributed by atoms with Crippen LogP contribution in [0, 0.1) is 0 Å². The van der Waals surface area contributed by atoms with Crippen LogP contribution in [0.1, 0.15) is 59.5 Å². The van der Waals surface area contributed by atoms with Crippen LogP contribution in [0.5, 0.6) is 11.5 Å². The van der Waals surface area contributed by atoms with Crippen LogP contribution in [0.15, 0.2) is 60.7 Å². The number of fused-ring (bicyclic) bond motifs is 2. The Bertz CT molecular complexity index is 1460. The van der Waals surface area contributed by atoms with Gasteiger partial charge in [-0.15, -0.1) is 0 Å². The molecule has 4 aromatic carbocycles. The largest absolute Gasteiger partial charge is 0.507 e. The van der Waals surface area contributed by atoms with E-state index in [1.165, 1.54) is 9.80 Å². The van der Waals surface area contributed by atoms with Crippen LogP contribution >= 0.6 is 0 Å². The van der Waals surface area contributed by atoms with Crippen molar-refractivity contribution < 1.29 is 39.1 Å². The van der Waals surface area contributed by atoms with Crippen LogP contribution in [-0.2, 0) is 15.9 Å². The maximum atomic E-state index is 13.2. The van der Waals surface area contributed by atoms with Gasteiger partial charge in [-0.3, -0.25) is 0 Å². The van der Waals surface area contributed by atoms with E-state index in [0.717, 1.165) is 47.7 Å². The second kappa shape index (κ2) is 14.8. The number of carbonyl (C=O) groups excluding carboxylic acids is 2. The van der Waals surface area contributed by atoms with Crippen molar-refractivity contribution in [2.75, 3.05) is 52.5 Å². The predicted octanol–water partition coefficient (Wildman–Crippen LogP) is 3.16. The molecule has 0 unspecified atom stereocenters. The molecule has 4 aromatic rings. The van der Waals surface area contributed by atoms with Crippen LogP contribution in [0.4, 0.5) is 0 Å². The number of hydrogen-bond donors (Lipinski definition) is 4. The third kappa shape index (κ3) is 7.27. The normalized spacial score (nSPS) is 11.5. The molecule has 0 aliphatic carbocycles. The summed E-state index contributed by atoms with van der Waals surface area (Å²) in [7, 11) is 0. The molecular formula is C35H44N2O6+2. The van der Waals surface area contributed by atoms with Crippen molar-refractivity contribution in [1.82, 2.24) is 0 Å². The maximum Gasteiger partial charge on any atom is 0.342 e. The Morgan fingerprint density at radius 3 is 1.37 bits per heavy atom. The fraction of sp³-hybridized carbons (Fsp3) is 0.371.